The van der Waals surface area contributed by atoms with Crippen LogP contribution < -0.4 is 0 Å². The first-order valence-corrected chi connectivity index (χ1v) is 4.56. The Kier molecular flexibility index (Phi) is 3.53. The van der Waals surface area contributed by atoms with Crippen molar-refractivity contribution in [3.05, 3.63) is 0 Å². The highest BCUT2D eigenvalue weighted by Gasteiger charge is 2.34. The number of rotatable bonds is 2. The van der Waals surface area contributed by atoms with Crippen molar-refractivity contribution < 1.29 is 19.0 Å². The van der Waals surface area contributed by atoms with Gasteiger partial charge in [0.25, 0.3) is 0 Å². The van der Waals surface area contributed by atoms with E-state index in [1.54, 1.807) is 13.8 Å². The predicted octanol–water partition coefficient (Wildman–Crippen LogP) is 0.920. The van der Waals surface area contributed by atoms with E-state index < -0.39 is 17.1 Å². The van der Waals surface area contributed by atoms with Gasteiger partial charge in [-0.3, -0.25) is 4.79 Å². The summed E-state index contributed by atoms with van der Waals surface area (Å²) in [5, 5.41) is -0.664. The van der Waals surface area contributed by atoms with Crippen molar-refractivity contribution in [3.8, 4) is 0 Å². The summed E-state index contributed by atoms with van der Waals surface area (Å²) in [4.78, 5) is 11.1. The lowest BCUT2D eigenvalue weighted by Gasteiger charge is -2.33. The smallest absolute Gasteiger partial charge is 0.326 e. The van der Waals surface area contributed by atoms with E-state index in [0.717, 1.165) is 0 Å². The van der Waals surface area contributed by atoms with Crippen molar-refractivity contribution >= 4 is 17.6 Å². The third-order valence-corrected chi connectivity index (χ3v) is 1.82. The van der Waals surface area contributed by atoms with Crippen LogP contribution in [-0.2, 0) is 19.0 Å². The molecule has 0 aromatic carbocycles. The SMILES string of the molecule is CC(Cl)C(=O)OC1(C)COCCO1. The average molecular weight is 209 g/mol. The van der Waals surface area contributed by atoms with Gasteiger partial charge >= 0.3 is 5.97 Å². The van der Waals surface area contributed by atoms with Gasteiger partial charge in [-0.2, -0.15) is 0 Å². The van der Waals surface area contributed by atoms with Gasteiger partial charge in [-0.05, 0) is 6.92 Å². The van der Waals surface area contributed by atoms with Gasteiger partial charge in [0.1, 0.15) is 12.0 Å². The molecule has 2 atom stereocenters. The lowest BCUT2D eigenvalue weighted by atomic mass is 10.3. The van der Waals surface area contributed by atoms with E-state index in [9.17, 15) is 4.79 Å². The Hall–Kier alpha value is -0.320. The minimum atomic E-state index is -0.974. The van der Waals surface area contributed by atoms with Crippen LogP contribution in [0.1, 0.15) is 13.8 Å². The van der Waals surface area contributed by atoms with Crippen molar-refractivity contribution in [2.24, 2.45) is 0 Å². The Morgan fingerprint density at radius 1 is 1.62 bits per heavy atom. The van der Waals surface area contributed by atoms with Crippen LogP contribution in [0.3, 0.4) is 0 Å². The van der Waals surface area contributed by atoms with E-state index in [0.29, 0.717) is 13.2 Å². The zero-order valence-corrected chi connectivity index (χ0v) is 8.47. The van der Waals surface area contributed by atoms with Crippen molar-refractivity contribution in [2.45, 2.75) is 25.0 Å². The van der Waals surface area contributed by atoms with Crippen LogP contribution in [0.4, 0.5) is 0 Å². The molecule has 2 unspecified atom stereocenters. The fourth-order valence-corrected chi connectivity index (χ4v) is 1.01. The zero-order chi connectivity index (χ0) is 9.90. The molecule has 0 amide bonds. The van der Waals surface area contributed by atoms with Gasteiger partial charge in [-0.15, -0.1) is 11.6 Å². The Morgan fingerprint density at radius 3 is 2.77 bits per heavy atom. The topological polar surface area (TPSA) is 44.8 Å². The second-order valence-electron chi connectivity index (χ2n) is 3.07. The van der Waals surface area contributed by atoms with Crippen molar-refractivity contribution in [1.82, 2.24) is 0 Å². The maximum Gasteiger partial charge on any atom is 0.326 e. The number of carbonyl (C=O) groups excluding carboxylic acids is 1. The first kappa shape index (κ1) is 10.8. The van der Waals surface area contributed by atoms with Gasteiger partial charge < -0.3 is 14.2 Å². The lowest BCUT2D eigenvalue weighted by molar-refractivity contribution is -0.270. The quantitative estimate of drug-likeness (QED) is 0.500. The maximum atomic E-state index is 11.1. The maximum absolute atomic E-state index is 11.1. The second-order valence-corrected chi connectivity index (χ2v) is 3.73. The third-order valence-electron chi connectivity index (χ3n) is 1.64. The molecule has 5 heteroatoms. The number of halogens is 1. The Bertz CT molecular complexity index is 187. The summed E-state index contributed by atoms with van der Waals surface area (Å²) in [6, 6.07) is 0. The molecule has 1 aliphatic heterocycles. The Morgan fingerprint density at radius 2 is 2.31 bits per heavy atom. The monoisotopic (exact) mass is 208 g/mol. The molecule has 4 nitrogen and oxygen atoms in total. The molecule has 0 radical (unpaired) electrons. The number of hydrogen-bond acceptors (Lipinski definition) is 4. The zero-order valence-electron chi connectivity index (χ0n) is 7.71. The summed E-state index contributed by atoms with van der Waals surface area (Å²) in [5.74, 6) is -1.46. The van der Waals surface area contributed by atoms with E-state index >= 15 is 0 Å². The molecular formula is C8H13ClO4. The predicted molar refractivity (Wildman–Crippen MR) is 46.6 cm³/mol. The molecule has 0 saturated carbocycles. The molecule has 0 N–H and O–H groups in total. The highest BCUT2D eigenvalue weighted by molar-refractivity contribution is 6.29. The third kappa shape index (κ3) is 3.14. The molecule has 1 fully saturated rings. The van der Waals surface area contributed by atoms with Crippen LogP contribution in [0, 0.1) is 0 Å². The van der Waals surface area contributed by atoms with Crippen LogP contribution >= 0.6 is 11.6 Å². The number of hydrogen-bond donors (Lipinski definition) is 0. The molecule has 13 heavy (non-hydrogen) atoms. The molecule has 1 heterocycles. The highest BCUT2D eigenvalue weighted by atomic mass is 35.5. The van der Waals surface area contributed by atoms with E-state index in [2.05, 4.69) is 0 Å². The average Bonchev–Trinajstić information content (AvgIpc) is 2.04. The molecule has 1 saturated heterocycles. The van der Waals surface area contributed by atoms with Gasteiger partial charge in [0.2, 0.25) is 5.79 Å². The van der Waals surface area contributed by atoms with Crippen molar-refractivity contribution in [3.63, 3.8) is 0 Å². The van der Waals surface area contributed by atoms with Gasteiger partial charge in [0.15, 0.2) is 0 Å². The summed E-state index contributed by atoms with van der Waals surface area (Å²) < 4.78 is 15.4. The van der Waals surface area contributed by atoms with Gasteiger partial charge in [0, 0.05) is 6.92 Å². The summed E-state index contributed by atoms with van der Waals surface area (Å²) in [6.45, 7) is 4.42. The fourth-order valence-electron chi connectivity index (χ4n) is 0.969. The Balaban J connectivity index is 2.45. The van der Waals surface area contributed by atoms with Crippen LogP contribution in [0.15, 0.2) is 0 Å². The number of esters is 1. The van der Waals surface area contributed by atoms with Gasteiger partial charge in [-0.1, -0.05) is 0 Å². The van der Waals surface area contributed by atoms with E-state index in [1.807, 2.05) is 0 Å². The number of alkyl halides is 1. The van der Waals surface area contributed by atoms with Gasteiger partial charge in [0.05, 0.1) is 13.2 Å². The normalized spacial score (nSPS) is 31.0. The van der Waals surface area contributed by atoms with Crippen LogP contribution in [0.5, 0.6) is 0 Å². The second kappa shape index (κ2) is 4.26. The van der Waals surface area contributed by atoms with E-state index in [4.69, 9.17) is 25.8 Å². The van der Waals surface area contributed by atoms with Crippen LogP contribution in [0.2, 0.25) is 0 Å². The van der Waals surface area contributed by atoms with Crippen LogP contribution in [0.25, 0.3) is 0 Å². The fraction of sp³-hybridized carbons (Fsp3) is 0.875. The largest absolute Gasteiger partial charge is 0.430 e. The summed E-state index contributed by atoms with van der Waals surface area (Å²) >= 11 is 5.54. The van der Waals surface area contributed by atoms with Gasteiger partial charge in [-0.25, -0.2) is 0 Å². The Labute approximate surface area is 82.1 Å². The standard InChI is InChI=1S/C8H13ClO4/c1-6(9)7(10)13-8(2)5-11-3-4-12-8/h6H,3-5H2,1-2H3. The molecular weight excluding hydrogens is 196 g/mol. The molecule has 0 bridgehead atoms. The van der Waals surface area contributed by atoms with E-state index in [1.165, 1.54) is 0 Å². The molecule has 0 spiro atoms. The lowest BCUT2D eigenvalue weighted by Crippen LogP contribution is -2.45. The minimum Gasteiger partial charge on any atom is -0.430 e. The summed E-state index contributed by atoms with van der Waals surface area (Å²) in [6.07, 6.45) is 0. The minimum absolute atomic E-state index is 0.252. The molecule has 1 rings (SSSR count). The van der Waals surface area contributed by atoms with E-state index in [-0.39, 0.29) is 6.61 Å². The molecule has 0 aliphatic carbocycles. The number of carbonyl (C=O) groups is 1. The molecule has 76 valence electrons. The first-order chi connectivity index (χ1) is 6.03. The first-order valence-electron chi connectivity index (χ1n) is 4.12. The highest BCUT2D eigenvalue weighted by Crippen LogP contribution is 2.18. The van der Waals surface area contributed by atoms with Crippen LogP contribution in [-0.4, -0.2) is 37.0 Å². The summed E-state index contributed by atoms with van der Waals surface area (Å²) in [5.41, 5.74) is 0. The van der Waals surface area contributed by atoms with Crippen molar-refractivity contribution in [2.75, 3.05) is 19.8 Å². The number of ether oxygens (including phenoxy) is 3. The molecule has 0 aromatic heterocycles. The van der Waals surface area contributed by atoms with Crippen molar-refractivity contribution in [1.29, 1.82) is 0 Å². The molecule has 1 aliphatic rings. The summed E-state index contributed by atoms with van der Waals surface area (Å²) in [7, 11) is 0. The molecule has 0 aromatic rings.